The van der Waals surface area contributed by atoms with Crippen molar-refractivity contribution in [3.63, 3.8) is 0 Å². The van der Waals surface area contributed by atoms with Crippen molar-refractivity contribution < 1.29 is 9.47 Å². The summed E-state index contributed by atoms with van der Waals surface area (Å²) in [7, 11) is 3.25. The number of methoxy groups -OCH3 is 2. The lowest BCUT2D eigenvalue weighted by atomic mass is 10.2. The van der Waals surface area contributed by atoms with Crippen molar-refractivity contribution in [3.05, 3.63) is 17.2 Å². The molecule has 1 aliphatic rings. The van der Waals surface area contributed by atoms with Crippen LogP contribution < -0.4 is 14.8 Å². The van der Waals surface area contributed by atoms with E-state index in [2.05, 4.69) is 5.32 Å². The molecule has 1 N–H and O–H groups in total. The van der Waals surface area contributed by atoms with Crippen LogP contribution in [0.25, 0.3) is 0 Å². The first-order chi connectivity index (χ1) is 7.74. The summed E-state index contributed by atoms with van der Waals surface area (Å²) in [6.45, 7) is 0.987. The van der Waals surface area contributed by atoms with Crippen LogP contribution in [0.1, 0.15) is 12.8 Å². The Balaban J connectivity index is 2.17. The summed E-state index contributed by atoms with van der Waals surface area (Å²) in [5.74, 6) is 2.23. The fourth-order valence-corrected chi connectivity index (χ4v) is 1.81. The number of rotatable bonds is 5. The number of halogens is 1. The van der Waals surface area contributed by atoms with Gasteiger partial charge in [0.05, 0.1) is 24.9 Å². The molecular weight excluding hydrogens is 226 g/mol. The molecule has 4 heteroatoms. The predicted octanol–water partition coefficient (Wildman–Crippen LogP) is 3.18. The van der Waals surface area contributed by atoms with Gasteiger partial charge in [0, 0.05) is 18.7 Å². The second-order valence-electron chi connectivity index (χ2n) is 4.01. The number of benzene rings is 1. The Morgan fingerprint density at radius 1 is 1.25 bits per heavy atom. The number of hydrogen-bond donors (Lipinski definition) is 1. The van der Waals surface area contributed by atoms with Crippen molar-refractivity contribution >= 4 is 17.3 Å². The predicted molar refractivity (Wildman–Crippen MR) is 65.8 cm³/mol. The highest BCUT2D eigenvalue weighted by Gasteiger charge is 2.21. The molecule has 0 bridgehead atoms. The Morgan fingerprint density at radius 3 is 2.50 bits per heavy atom. The highest BCUT2D eigenvalue weighted by Crippen LogP contribution is 2.37. The average molecular weight is 242 g/mol. The molecule has 0 spiro atoms. The quantitative estimate of drug-likeness (QED) is 0.859. The molecule has 1 saturated carbocycles. The van der Waals surface area contributed by atoms with Gasteiger partial charge in [-0.3, -0.25) is 0 Å². The van der Waals surface area contributed by atoms with Gasteiger partial charge < -0.3 is 14.8 Å². The van der Waals surface area contributed by atoms with Crippen molar-refractivity contribution in [1.82, 2.24) is 0 Å². The van der Waals surface area contributed by atoms with Crippen LogP contribution in [0.2, 0.25) is 5.02 Å². The van der Waals surface area contributed by atoms with E-state index < -0.39 is 0 Å². The Morgan fingerprint density at radius 2 is 1.94 bits per heavy atom. The van der Waals surface area contributed by atoms with Gasteiger partial charge in [-0.2, -0.15) is 0 Å². The molecule has 1 fully saturated rings. The van der Waals surface area contributed by atoms with Crippen molar-refractivity contribution in [1.29, 1.82) is 0 Å². The van der Waals surface area contributed by atoms with E-state index in [4.69, 9.17) is 21.1 Å². The Hall–Kier alpha value is -1.09. The normalized spacial score (nSPS) is 14.7. The molecule has 0 radical (unpaired) electrons. The van der Waals surface area contributed by atoms with E-state index in [0.29, 0.717) is 10.8 Å². The van der Waals surface area contributed by atoms with Gasteiger partial charge in [-0.05, 0) is 18.8 Å². The first kappa shape index (κ1) is 11.4. The second kappa shape index (κ2) is 4.83. The number of anilines is 1. The summed E-state index contributed by atoms with van der Waals surface area (Å²) in [6.07, 6.45) is 2.64. The van der Waals surface area contributed by atoms with E-state index in [1.807, 2.05) is 6.07 Å². The lowest BCUT2D eigenvalue weighted by Crippen LogP contribution is -2.05. The zero-order valence-electron chi connectivity index (χ0n) is 9.55. The number of ether oxygens (including phenoxy) is 2. The summed E-state index contributed by atoms with van der Waals surface area (Å²) in [6, 6.07) is 3.65. The molecular formula is C12H16ClNO2. The van der Waals surface area contributed by atoms with E-state index >= 15 is 0 Å². The highest BCUT2D eigenvalue weighted by atomic mass is 35.5. The molecule has 0 aromatic heterocycles. The van der Waals surface area contributed by atoms with Gasteiger partial charge in [0.15, 0.2) is 0 Å². The summed E-state index contributed by atoms with van der Waals surface area (Å²) in [5.41, 5.74) is 0.940. The van der Waals surface area contributed by atoms with Crippen LogP contribution in [0.15, 0.2) is 12.1 Å². The fourth-order valence-electron chi connectivity index (χ4n) is 1.57. The summed E-state index contributed by atoms with van der Waals surface area (Å²) < 4.78 is 10.5. The summed E-state index contributed by atoms with van der Waals surface area (Å²) >= 11 is 6.02. The van der Waals surface area contributed by atoms with E-state index in [1.54, 1.807) is 20.3 Å². The zero-order valence-corrected chi connectivity index (χ0v) is 10.3. The Labute approximate surface area is 101 Å². The van der Waals surface area contributed by atoms with Gasteiger partial charge in [0.1, 0.15) is 11.5 Å². The van der Waals surface area contributed by atoms with Crippen LogP contribution >= 0.6 is 11.6 Å². The van der Waals surface area contributed by atoms with Gasteiger partial charge >= 0.3 is 0 Å². The number of hydrogen-bond acceptors (Lipinski definition) is 3. The van der Waals surface area contributed by atoms with Crippen molar-refractivity contribution in [2.75, 3.05) is 26.1 Å². The van der Waals surface area contributed by atoms with Crippen LogP contribution in [0.4, 0.5) is 5.69 Å². The van der Waals surface area contributed by atoms with Gasteiger partial charge in [0.25, 0.3) is 0 Å². The van der Waals surface area contributed by atoms with Crippen LogP contribution in [0.3, 0.4) is 0 Å². The molecule has 88 valence electrons. The van der Waals surface area contributed by atoms with Gasteiger partial charge in [-0.15, -0.1) is 0 Å². The average Bonchev–Trinajstić information content (AvgIpc) is 3.10. The maximum Gasteiger partial charge on any atom is 0.143 e. The van der Waals surface area contributed by atoms with E-state index in [-0.39, 0.29) is 0 Å². The Kier molecular flexibility index (Phi) is 3.44. The molecule has 3 nitrogen and oxygen atoms in total. The molecule has 0 amide bonds. The molecule has 1 aliphatic carbocycles. The van der Waals surface area contributed by atoms with Crippen molar-refractivity contribution in [3.8, 4) is 11.5 Å². The molecule has 0 saturated heterocycles. The molecule has 2 rings (SSSR count). The minimum absolute atomic E-state index is 0.566. The van der Waals surface area contributed by atoms with E-state index in [0.717, 1.165) is 23.9 Å². The highest BCUT2D eigenvalue weighted by molar-refractivity contribution is 6.32. The topological polar surface area (TPSA) is 30.5 Å². The Bertz CT molecular complexity index is 378. The van der Waals surface area contributed by atoms with Crippen molar-refractivity contribution in [2.45, 2.75) is 12.8 Å². The van der Waals surface area contributed by atoms with Crippen LogP contribution in [-0.2, 0) is 0 Å². The van der Waals surface area contributed by atoms with Crippen LogP contribution in [0, 0.1) is 5.92 Å². The van der Waals surface area contributed by atoms with Gasteiger partial charge in [-0.25, -0.2) is 0 Å². The molecule has 0 heterocycles. The monoisotopic (exact) mass is 241 g/mol. The summed E-state index contributed by atoms with van der Waals surface area (Å²) in [5, 5.41) is 3.93. The first-order valence-corrected chi connectivity index (χ1v) is 5.77. The molecule has 1 aromatic rings. The lowest BCUT2D eigenvalue weighted by Gasteiger charge is -2.13. The zero-order chi connectivity index (χ0) is 11.5. The van der Waals surface area contributed by atoms with Gasteiger partial charge in [0.2, 0.25) is 0 Å². The van der Waals surface area contributed by atoms with E-state index in [1.165, 1.54) is 12.8 Å². The van der Waals surface area contributed by atoms with Gasteiger partial charge in [-0.1, -0.05) is 11.6 Å². The van der Waals surface area contributed by atoms with Crippen LogP contribution in [-0.4, -0.2) is 20.8 Å². The fraction of sp³-hybridized carbons (Fsp3) is 0.500. The number of nitrogens with one attached hydrogen (secondary N) is 1. The molecule has 1 aromatic carbocycles. The minimum Gasteiger partial charge on any atom is -0.495 e. The standard InChI is InChI=1S/C12H16ClNO2/c1-15-11-6-10(14-7-8-3-4-8)12(16-2)5-9(11)13/h5-6,8,14H,3-4,7H2,1-2H3. The van der Waals surface area contributed by atoms with Crippen LogP contribution in [0.5, 0.6) is 11.5 Å². The maximum absolute atomic E-state index is 6.02. The minimum atomic E-state index is 0.566. The molecule has 0 atom stereocenters. The molecule has 0 unspecified atom stereocenters. The maximum atomic E-state index is 6.02. The first-order valence-electron chi connectivity index (χ1n) is 5.40. The van der Waals surface area contributed by atoms with E-state index in [9.17, 15) is 0 Å². The summed E-state index contributed by atoms with van der Waals surface area (Å²) in [4.78, 5) is 0. The largest absolute Gasteiger partial charge is 0.495 e. The molecule has 16 heavy (non-hydrogen) atoms. The molecule has 0 aliphatic heterocycles. The smallest absolute Gasteiger partial charge is 0.143 e. The third kappa shape index (κ3) is 2.53. The third-order valence-electron chi connectivity index (χ3n) is 2.75. The second-order valence-corrected chi connectivity index (χ2v) is 4.42. The van der Waals surface area contributed by atoms with Crippen molar-refractivity contribution in [2.24, 2.45) is 5.92 Å². The SMILES string of the molecule is COc1cc(NCC2CC2)c(OC)cc1Cl. The lowest BCUT2D eigenvalue weighted by molar-refractivity contribution is 0.404. The third-order valence-corrected chi connectivity index (χ3v) is 3.05.